The standard InChI is InChI=1S/C18H27NO5.ClH/c1-5-24-18(20)14-7-6-10-19(12-14)11-13-8-9-15(21-2)17(23-4)16(13)22-3;/h8-9,14H,5-7,10-12H2,1-4H3;1H. The average molecular weight is 374 g/mol. The highest BCUT2D eigenvalue weighted by Crippen LogP contribution is 2.39. The number of esters is 1. The summed E-state index contributed by atoms with van der Waals surface area (Å²) in [4.78, 5) is 13.4. The predicted octanol–water partition coefficient (Wildman–Crippen LogP) is -1.93. The van der Waals surface area contributed by atoms with Gasteiger partial charge in [-0.1, -0.05) is 0 Å². The largest absolute Gasteiger partial charge is 1.00 e. The predicted molar refractivity (Wildman–Crippen MR) is 89.9 cm³/mol. The van der Waals surface area contributed by atoms with Crippen molar-refractivity contribution in [1.29, 1.82) is 0 Å². The minimum atomic E-state index is -0.0750. The number of carbonyl (C=O) groups excluding carboxylic acids is 1. The van der Waals surface area contributed by atoms with Crippen LogP contribution in [0.2, 0.25) is 0 Å². The molecule has 6 nitrogen and oxygen atoms in total. The van der Waals surface area contributed by atoms with Gasteiger partial charge >= 0.3 is 5.97 Å². The molecular formula is C18H28ClNO5. The number of ether oxygens (including phenoxy) is 4. The molecule has 142 valence electrons. The van der Waals surface area contributed by atoms with E-state index in [1.165, 1.54) is 4.90 Å². The van der Waals surface area contributed by atoms with E-state index in [-0.39, 0.29) is 24.3 Å². The first-order valence-electron chi connectivity index (χ1n) is 8.42. The second-order valence-corrected chi connectivity index (χ2v) is 5.97. The molecular weight excluding hydrogens is 346 g/mol. The van der Waals surface area contributed by atoms with E-state index in [1.807, 2.05) is 19.1 Å². The summed E-state index contributed by atoms with van der Waals surface area (Å²) < 4.78 is 21.5. The van der Waals surface area contributed by atoms with Crippen LogP contribution in [0.4, 0.5) is 0 Å². The lowest BCUT2D eigenvalue weighted by Crippen LogP contribution is -3.12. The van der Waals surface area contributed by atoms with E-state index in [0.717, 1.165) is 38.0 Å². The number of hydrogen-bond acceptors (Lipinski definition) is 5. The number of carbonyl (C=O) groups is 1. The van der Waals surface area contributed by atoms with Crippen molar-refractivity contribution < 1.29 is 41.0 Å². The van der Waals surface area contributed by atoms with Crippen LogP contribution in [0, 0.1) is 5.92 Å². The Hall–Kier alpha value is -1.66. The molecule has 7 heteroatoms. The number of halogens is 1. The van der Waals surface area contributed by atoms with Crippen LogP contribution in [0.1, 0.15) is 25.3 Å². The van der Waals surface area contributed by atoms with Gasteiger partial charge in [0, 0.05) is 0 Å². The highest BCUT2D eigenvalue weighted by atomic mass is 35.5. The number of piperidine rings is 1. The second-order valence-electron chi connectivity index (χ2n) is 5.97. The van der Waals surface area contributed by atoms with Gasteiger partial charge in [-0.25, -0.2) is 0 Å². The number of hydrogen-bond donors (Lipinski definition) is 1. The minimum absolute atomic E-state index is 0. The number of nitrogens with one attached hydrogen (secondary N) is 1. The molecule has 0 amide bonds. The fourth-order valence-corrected chi connectivity index (χ4v) is 3.34. The topological polar surface area (TPSA) is 58.4 Å². The molecule has 1 saturated heterocycles. The van der Waals surface area contributed by atoms with Gasteiger partial charge in [-0.2, -0.15) is 0 Å². The molecule has 1 aromatic carbocycles. The average Bonchev–Trinajstić information content (AvgIpc) is 2.61. The molecule has 1 N–H and O–H groups in total. The first kappa shape index (κ1) is 21.4. The zero-order valence-corrected chi connectivity index (χ0v) is 16.1. The Labute approximate surface area is 155 Å². The Morgan fingerprint density at radius 1 is 1.16 bits per heavy atom. The molecule has 0 saturated carbocycles. The van der Waals surface area contributed by atoms with E-state index in [9.17, 15) is 4.79 Å². The number of rotatable bonds is 7. The molecule has 0 aliphatic carbocycles. The number of likely N-dealkylation sites (tertiary alicyclic amines) is 1. The highest BCUT2D eigenvalue weighted by molar-refractivity contribution is 5.72. The maximum atomic E-state index is 12.0. The van der Waals surface area contributed by atoms with Crippen molar-refractivity contribution in [1.82, 2.24) is 0 Å². The fraction of sp³-hybridized carbons (Fsp3) is 0.611. The monoisotopic (exact) mass is 373 g/mol. The van der Waals surface area contributed by atoms with Crippen molar-refractivity contribution in [3.8, 4) is 17.2 Å². The summed E-state index contributed by atoms with van der Waals surface area (Å²) in [5.74, 6) is 1.86. The third-order valence-corrected chi connectivity index (χ3v) is 4.46. The van der Waals surface area contributed by atoms with Gasteiger partial charge in [0.2, 0.25) is 5.75 Å². The molecule has 2 rings (SSSR count). The zero-order valence-electron chi connectivity index (χ0n) is 15.4. The Bertz CT molecular complexity index is 567. The quantitative estimate of drug-likeness (QED) is 0.564. The van der Waals surface area contributed by atoms with E-state index in [0.29, 0.717) is 23.9 Å². The summed E-state index contributed by atoms with van der Waals surface area (Å²) in [6, 6.07) is 3.89. The molecule has 0 bridgehead atoms. The van der Waals surface area contributed by atoms with Crippen LogP contribution in [0.5, 0.6) is 17.2 Å². The van der Waals surface area contributed by atoms with Gasteiger partial charge in [0.05, 0.1) is 46.6 Å². The summed E-state index contributed by atoms with van der Waals surface area (Å²) in [5, 5.41) is 0. The molecule has 2 unspecified atom stereocenters. The van der Waals surface area contributed by atoms with E-state index >= 15 is 0 Å². The SMILES string of the molecule is CCOC(=O)C1CCC[NH+](Cc2ccc(OC)c(OC)c2OC)C1.[Cl-]. The van der Waals surface area contributed by atoms with Gasteiger partial charge in [-0.15, -0.1) is 0 Å². The maximum absolute atomic E-state index is 12.0. The summed E-state index contributed by atoms with van der Waals surface area (Å²) >= 11 is 0. The Kier molecular flexibility index (Phi) is 8.86. The van der Waals surface area contributed by atoms with Crippen LogP contribution >= 0.6 is 0 Å². The second kappa shape index (κ2) is 10.4. The van der Waals surface area contributed by atoms with E-state index in [1.54, 1.807) is 21.3 Å². The molecule has 25 heavy (non-hydrogen) atoms. The smallest absolute Gasteiger partial charge is 0.314 e. The van der Waals surface area contributed by atoms with Gasteiger partial charge in [0.25, 0.3) is 0 Å². The lowest BCUT2D eigenvalue weighted by atomic mass is 9.97. The van der Waals surface area contributed by atoms with Gasteiger partial charge < -0.3 is 36.3 Å². The van der Waals surface area contributed by atoms with Crippen molar-refractivity contribution in [2.75, 3.05) is 41.0 Å². The van der Waals surface area contributed by atoms with Gasteiger partial charge in [0.15, 0.2) is 11.5 Å². The van der Waals surface area contributed by atoms with Crippen LogP contribution in [0.15, 0.2) is 12.1 Å². The van der Waals surface area contributed by atoms with Crippen LogP contribution < -0.4 is 31.5 Å². The van der Waals surface area contributed by atoms with Crippen LogP contribution in [-0.4, -0.2) is 47.0 Å². The highest BCUT2D eigenvalue weighted by Gasteiger charge is 2.30. The Balaban J connectivity index is 0.00000312. The summed E-state index contributed by atoms with van der Waals surface area (Å²) in [7, 11) is 4.85. The van der Waals surface area contributed by atoms with Crippen LogP contribution in [-0.2, 0) is 16.1 Å². The first-order chi connectivity index (χ1) is 11.6. The molecule has 0 radical (unpaired) electrons. The summed E-state index contributed by atoms with van der Waals surface area (Å²) in [5.41, 5.74) is 1.05. The lowest BCUT2D eigenvalue weighted by Gasteiger charge is -2.29. The van der Waals surface area contributed by atoms with Crippen molar-refractivity contribution in [3.63, 3.8) is 0 Å². The summed E-state index contributed by atoms with van der Waals surface area (Å²) in [6.45, 7) is 4.89. The van der Waals surface area contributed by atoms with Crippen LogP contribution in [0.25, 0.3) is 0 Å². The van der Waals surface area contributed by atoms with Gasteiger partial charge in [-0.3, -0.25) is 4.79 Å². The van der Waals surface area contributed by atoms with Gasteiger partial charge in [0.1, 0.15) is 12.5 Å². The molecule has 1 heterocycles. The minimum Gasteiger partial charge on any atom is -1.00 e. The molecule has 0 aromatic heterocycles. The maximum Gasteiger partial charge on any atom is 0.314 e. The normalized spacial score (nSPS) is 19.5. The van der Waals surface area contributed by atoms with Crippen molar-refractivity contribution in [2.45, 2.75) is 26.3 Å². The zero-order chi connectivity index (χ0) is 17.5. The number of quaternary nitrogens is 1. The van der Waals surface area contributed by atoms with E-state index in [2.05, 4.69) is 0 Å². The number of benzene rings is 1. The molecule has 1 fully saturated rings. The van der Waals surface area contributed by atoms with Crippen LogP contribution in [0.3, 0.4) is 0 Å². The lowest BCUT2D eigenvalue weighted by molar-refractivity contribution is -0.921. The third-order valence-electron chi connectivity index (χ3n) is 4.46. The van der Waals surface area contributed by atoms with Crippen molar-refractivity contribution in [2.24, 2.45) is 5.92 Å². The molecule has 1 aliphatic rings. The summed E-state index contributed by atoms with van der Waals surface area (Å²) in [6.07, 6.45) is 1.93. The fourth-order valence-electron chi connectivity index (χ4n) is 3.34. The molecule has 2 atom stereocenters. The Morgan fingerprint density at radius 3 is 2.48 bits per heavy atom. The first-order valence-corrected chi connectivity index (χ1v) is 8.42. The molecule has 1 aliphatic heterocycles. The number of methoxy groups -OCH3 is 3. The van der Waals surface area contributed by atoms with Crippen molar-refractivity contribution in [3.05, 3.63) is 17.7 Å². The van der Waals surface area contributed by atoms with Gasteiger partial charge in [-0.05, 0) is 31.9 Å². The molecule has 0 spiro atoms. The van der Waals surface area contributed by atoms with E-state index < -0.39 is 0 Å². The van der Waals surface area contributed by atoms with Crippen molar-refractivity contribution >= 4 is 5.97 Å². The van der Waals surface area contributed by atoms with E-state index in [4.69, 9.17) is 18.9 Å². The molecule has 1 aromatic rings. The Morgan fingerprint density at radius 2 is 1.88 bits per heavy atom. The third kappa shape index (κ3) is 5.16.